The number of halogens is 1. The van der Waals surface area contributed by atoms with Crippen molar-refractivity contribution < 1.29 is 27.1 Å². The van der Waals surface area contributed by atoms with E-state index in [-0.39, 0.29) is 30.2 Å². The first-order chi connectivity index (χ1) is 18.6. The van der Waals surface area contributed by atoms with Crippen LogP contribution in [0.5, 0.6) is 5.75 Å². The molecule has 8 nitrogen and oxygen atoms in total. The number of carbonyl (C=O) groups excluding carboxylic acids is 2. The maximum Gasteiger partial charge on any atom is 0.264 e. The van der Waals surface area contributed by atoms with Gasteiger partial charge in [0, 0.05) is 13.6 Å². The molecule has 3 aromatic carbocycles. The number of benzene rings is 3. The van der Waals surface area contributed by atoms with Gasteiger partial charge in [-0.2, -0.15) is 0 Å². The lowest BCUT2D eigenvalue weighted by atomic mass is 10.1. The molecule has 0 saturated carbocycles. The van der Waals surface area contributed by atoms with Crippen LogP contribution in [-0.4, -0.2) is 51.4 Å². The van der Waals surface area contributed by atoms with Crippen LogP contribution in [0.4, 0.5) is 10.1 Å². The normalized spacial score (nSPS) is 11.9. The van der Waals surface area contributed by atoms with Gasteiger partial charge < -0.3 is 15.0 Å². The van der Waals surface area contributed by atoms with Crippen molar-refractivity contribution in [3.8, 4) is 5.75 Å². The van der Waals surface area contributed by atoms with Crippen LogP contribution in [0.3, 0.4) is 0 Å². The largest absolute Gasteiger partial charge is 0.492 e. The predicted molar refractivity (Wildman–Crippen MR) is 148 cm³/mol. The lowest BCUT2D eigenvalue weighted by Crippen LogP contribution is -2.51. The van der Waals surface area contributed by atoms with Crippen LogP contribution in [0, 0.1) is 12.7 Å². The molecule has 10 heteroatoms. The SMILES string of the molecule is CCOc1ccccc1N(CC(=O)N(Cc1ccc(F)cc1)[C@@H](CC)C(=O)NC)S(=O)(=O)c1ccc(C)cc1. The van der Waals surface area contributed by atoms with Gasteiger partial charge in [0.25, 0.3) is 10.0 Å². The second kappa shape index (κ2) is 13.2. The Hall–Kier alpha value is -3.92. The summed E-state index contributed by atoms with van der Waals surface area (Å²) in [4.78, 5) is 28.0. The van der Waals surface area contributed by atoms with Crippen molar-refractivity contribution in [2.24, 2.45) is 0 Å². The van der Waals surface area contributed by atoms with E-state index in [4.69, 9.17) is 4.74 Å². The molecular weight excluding hydrogens is 521 g/mol. The molecule has 39 heavy (non-hydrogen) atoms. The molecule has 0 unspecified atom stereocenters. The highest BCUT2D eigenvalue weighted by atomic mass is 32.2. The Labute approximate surface area is 229 Å². The number of para-hydroxylation sites is 2. The van der Waals surface area contributed by atoms with Gasteiger partial charge in [-0.25, -0.2) is 12.8 Å². The topological polar surface area (TPSA) is 96.0 Å². The van der Waals surface area contributed by atoms with Gasteiger partial charge in [0.1, 0.15) is 24.2 Å². The Morgan fingerprint density at radius 1 is 0.974 bits per heavy atom. The quantitative estimate of drug-likeness (QED) is 0.360. The summed E-state index contributed by atoms with van der Waals surface area (Å²) in [5.41, 5.74) is 1.67. The molecule has 3 aromatic rings. The summed E-state index contributed by atoms with van der Waals surface area (Å²) in [7, 11) is -2.75. The molecule has 0 spiro atoms. The molecule has 0 heterocycles. The molecule has 0 radical (unpaired) electrons. The van der Waals surface area contributed by atoms with E-state index in [0.29, 0.717) is 11.3 Å². The van der Waals surface area contributed by atoms with Gasteiger partial charge in [-0.15, -0.1) is 0 Å². The molecule has 0 aliphatic heterocycles. The number of anilines is 1. The van der Waals surface area contributed by atoms with Crippen LogP contribution in [0.15, 0.2) is 77.7 Å². The molecule has 0 bridgehead atoms. The van der Waals surface area contributed by atoms with Crippen LogP contribution >= 0.6 is 0 Å². The van der Waals surface area contributed by atoms with E-state index < -0.39 is 40.2 Å². The Morgan fingerprint density at radius 3 is 2.21 bits per heavy atom. The maximum atomic E-state index is 14.0. The average molecular weight is 556 g/mol. The second-order valence-electron chi connectivity index (χ2n) is 8.91. The number of ether oxygens (including phenoxy) is 1. The number of carbonyl (C=O) groups is 2. The monoisotopic (exact) mass is 555 g/mol. The summed E-state index contributed by atoms with van der Waals surface area (Å²) in [6, 6.07) is 17.6. The highest BCUT2D eigenvalue weighted by Gasteiger charge is 2.34. The number of sulfonamides is 1. The van der Waals surface area contributed by atoms with Crippen LogP contribution in [-0.2, 0) is 26.2 Å². The van der Waals surface area contributed by atoms with E-state index in [2.05, 4.69) is 5.32 Å². The summed E-state index contributed by atoms with van der Waals surface area (Å²) >= 11 is 0. The average Bonchev–Trinajstić information content (AvgIpc) is 2.93. The van der Waals surface area contributed by atoms with Crippen molar-refractivity contribution in [3.63, 3.8) is 0 Å². The Morgan fingerprint density at radius 2 is 1.62 bits per heavy atom. The van der Waals surface area contributed by atoms with E-state index in [1.54, 1.807) is 50.2 Å². The minimum atomic E-state index is -4.22. The zero-order chi connectivity index (χ0) is 28.6. The van der Waals surface area contributed by atoms with Gasteiger partial charge in [0.05, 0.1) is 17.2 Å². The van der Waals surface area contributed by atoms with Crippen molar-refractivity contribution >= 4 is 27.5 Å². The number of hydrogen-bond acceptors (Lipinski definition) is 5. The highest BCUT2D eigenvalue weighted by Crippen LogP contribution is 2.33. The van der Waals surface area contributed by atoms with Crippen LogP contribution in [0.25, 0.3) is 0 Å². The number of likely N-dealkylation sites (N-methyl/N-ethyl adjacent to an activating group) is 1. The fourth-order valence-electron chi connectivity index (χ4n) is 4.16. The lowest BCUT2D eigenvalue weighted by molar-refractivity contribution is -0.140. The van der Waals surface area contributed by atoms with E-state index in [9.17, 15) is 22.4 Å². The van der Waals surface area contributed by atoms with E-state index >= 15 is 0 Å². The third kappa shape index (κ3) is 7.14. The zero-order valence-corrected chi connectivity index (χ0v) is 23.4. The minimum absolute atomic E-state index is 0.00984. The van der Waals surface area contributed by atoms with Crippen molar-refractivity contribution in [3.05, 3.63) is 89.7 Å². The van der Waals surface area contributed by atoms with Crippen LogP contribution < -0.4 is 14.4 Å². The first-order valence-corrected chi connectivity index (χ1v) is 14.1. The smallest absolute Gasteiger partial charge is 0.264 e. The number of nitrogens with zero attached hydrogens (tertiary/aromatic N) is 2. The van der Waals surface area contributed by atoms with Crippen LogP contribution in [0.1, 0.15) is 31.4 Å². The second-order valence-corrected chi connectivity index (χ2v) is 10.8. The molecule has 1 atom stereocenters. The first-order valence-electron chi connectivity index (χ1n) is 12.7. The van der Waals surface area contributed by atoms with Crippen molar-refractivity contribution in [1.29, 1.82) is 0 Å². The minimum Gasteiger partial charge on any atom is -0.492 e. The van der Waals surface area contributed by atoms with Crippen molar-refractivity contribution in [2.75, 3.05) is 24.5 Å². The summed E-state index contributed by atoms with van der Waals surface area (Å²) in [5, 5.41) is 2.57. The third-order valence-corrected chi connectivity index (χ3v) is 7.99. The van der Waals surface area contributed by atoms with Gasteiger partial charge in [-0.05, 0) is 62.2 Å². The Bertz CT molecular complexity index is 1380. The predicted octanol–water partition coefficient (Wildman–Crippen LogP) is 4.28. The molecule has 0 aliphatic carbocycles. The van der Waals surface area contributed by atoms with Gasteiger partial charge in [-0.1, -0.05) is 48.9 Å². The van der Waals surface area contributed by atoms with Gasteiger partial charge in [0.15, 0.2) is 0 Å². The van der Waals surface area contributed by atoms with Crippen molar-refractivity contribution in [2.45, 2.75) is 44.7 Å². The Balaban J connectivity index is 2.10. The standard InChI is InChI=1S/C29H34FN3O5S/c1-5-25(29(35)31-4)32(19-22-13-15-23(30)16-14-22)28(34)20-33(26-9-7-8-10-27(26)38-6-2)39(36,37)24-17-11-21(3)12-18-24/h7-18,25H,5-6,19-20H2,1-4H3,(H,31,35)/t25-/m0/s1. The van der Waals surface area contributed by atoms with E-state index in [1.165, 1.54) is 48.3 Å². The number of amides is 2. The number of nitrogens with one attached hydrogen (secondary N) is 1. The summed E-state index contributed by atoms with van der Waals surface area (Å²) in [6.07, 6.45) is 0.285. The van der Waals surface area contributed by atoms with E-state index in [1.807, 2.05) is 6.92 Å². The molecule has 0 aromatic heterocycles. The number of aryl methyl sites for hydroxylation is 1. The van der Waals surface area contributed by atoms with E-state index in [0.717, 1.165) is 9.87 Å². The Kier molecular flexibility index (Phi) is 10.1. The van der Waals surface area contributed by atoms with Gasteiger partial charge in [-0.3, -0.25) is 13.9 Å². The summed E-state index contributed by atoms with van der Waals surface area (Å²) in [5.74, 6) is -1.13. The van der Waals surface area contributed by atoms with Gasteiger partial charge >= 0.3 is 0 Å². The third-order valence-electron chi connectivity index (χ3n) is 6.22. The molecule has 0 saturated heterocycles. The number of hydrogen-bond donors (Lipinski definition) is 1. The lowest BCUT2D eigenvalue weighted by Gasteiger charge is -2.33. The summed E-state index contributed by atoms with van der Waals surface area (Å²) < 4.78 is 48.2. The zero-order valence-electron chi connectivity index (χ0n) is 22.6. The molecule has 208 valence electrons. The molecular formula is C29H34FN3O5S. The highest BCUT2D eigenvalue weighted by molar-refractivity contribution is 7.92. The molecule has 2 amide bonds. The fraction of sp³-hybridized carbons (Fsp3) is 0.310. The molecule has 0 aliphatic rings. The summed E-state index contributed by atoms with van der Waals surface area (Å²) in [6.45, 7) is 5.07. The molecule has 0 fully saturated rings. The fourth-order valence-corrected chi connectivity index (χ4v) is 5.59. The van der Waals surface area contributed by atoms with Crippen LogP contribution in [0.2, 0.25) is 0 Å². The molecule has 3 rings (SSSR count). The van der Waals surface area contributed by atoms with Gasteiger partial charge in [0.2, 0.25) is 11.8 Å². The first kappa shape index (κ1) is 29.6. The molecule has 1 N–H and O–H groups in total. The maximum absolute atomic E-state index is 14.0. The van der Waals surface area contributed by atoms with Crippen molar-refractivity contribution in [1.82, 2.24) is 10.2 Å². The number of rotatable bonds is 12.